The summed E-state index contributed by atoms with van der Waals surface area (Å²) in [7, 11) is -3.25. The lowest BCUT2D eigenvalue weighted by atomic mass is 10.0. The molecule has 1 aromatic carbocycles. The standard InChI is InChI=1S/C28H41N3O5S2/c1-6-31(26(32)20-21-9-11-23(12-10-21)38(5,34)35)22-13-16-30(17-14-22)18-15-24(25-8-7-19-37-25)29-27(33)36-28(2,3)4/h7-12,19,22,24H,6,13-18,20H2,1-5H3,(H,29,33). The number of likely N-dealkylation sites (N-methyl/N-ethyl adjacent to an activating group) is 1. The van der Waals surface area contributed by atoms with Crippen LogP contribution in [0.25, 0.3) is 0 Å². The topological polar surface area (TPSA) is 96.0 Å². The predicted octanol–water partition coefficient (Wildman–Crippen LogP) is 4.66. The zero-order valence-electron chi connectivity index (χ0n) is 23.1. The van der Waals surface area contributed by atoms with Crippen molar-refractivity contribution in [2.75, 3.05) is 32.4 Å². The number of rotatable bonds is 10. The quantitative estimate of drug-likeness (QED) is 0.452. The number of sulfone groups is 1. The molecule has 2 amide bonds. The number of amides is 2. The Morgan fingerprint density at radius 1 is 1.16 bits per heavy atom. The van der Waals surface area contributed by atoms with Crippen LogP contribution in [0, 0.1) is 0 Å². The van der Waals surface area contributed by atoms with Gasteiger partial charge in [0.25, 0.3) is 0 Å². The van der Waals surface area contributed by atoms with E-state index in [9.17, 15) is 18.0 Å². The molecular weight excluding hydrogens is 522 g/mol. The molecule has 38 heavy (non-hydrogen) atoms. The molecule has 1 unspecified atom stereocenters. The first kappa shape index (κ1) is 30.1. The number of carbonyl (C=O) groups excluding carboxylic acids is 2. The lowest BCUT2D eigenvalue weighted by Gasteiger charge is -2.38. The van der Waals surface area contributed by atoms with Gasteiger partial charge in [0.15, 0.2) is 9.84 Å². The molecule has 1 aromatic heterocycles. The Bertz CT molecular complexity index is 1150. The van der Waals surface area contributed by atoms with Gasteiger partial charge in [0, 0.05) is 43.4 Å². The minimum Gasteiger partial charge on any atom is -0.444 e. The third-order valence-corrected chi connectivity index (χ3v) is 8.79. The van der Waals surface area contributed by atoms with Crippen molar-refractivity contribution in [2.45, 2.75) is 76.0 Å². The normalized spacial score (nSPS) is 16.1. The molecule has 1 aliphatic heterocycles. The summed E-state index contributed by atoms with van der Waals surface area (Å²) in [5.74, 6) is 0.0670. The van der Waals surface area contributed by atoms with Gasteiger partial charge in [0.05, 0.1) is 17.4 Å². The number of ether oxygens (including phenoxy) is 1. The summed E-state index contributed by atoms with van der Waals surface area (Å²) in [5.41, 5.74) is 0.268. The van der Waals surface area contributed by atoms with E-state index in [0.717, 1.165) is 49.3 Å². The average Bonchev–Trinajstić information content (AvgIpc) is 3.36. The van der Waals surface area contributed by atoms with Gasteiger partial charge in [-0.25, -0.2) is 13.2 Å². The molecule has 0 saturated carbocycles. The van der Waals surface area contributed by atoms with Crippen LogP contribution in [0.2, 0.25) is 0 Å². The fourth-order valence-corrected chi connectivity index (χ4v) is 6.20. The molecule has 3 rings (SSSR count). The Labute approximate surface area is 231 Å². The molecule has 2 aromatic rings. The Morgan fingerprint density at radius 2 is 1.82 bits per heavy atom. The molecule has 1 fully saturated rings. The van der Waals surface area contributed by atoms with E-state index in [1.54, 1.807) is 35.6 Å². The van der Waals surface area contributed by atoms with Gasteiger partial charge in [0.2, 0.25) is 5.91 Å². The lowest BCUT2D eigenvalue weighted by molar-refractivity contribution is -0.133. The monoisotopic (exact) mass is 563 g/mol. The molecular formula is C28H41N3O5S2. The van der Waals surface area contributed by atoms with Gasteiger partial charge in [-0.3, -0.25) is 4.79 Å². The lowest BCUT2D eigenvalue weighted by Crippen LogP contribution is -2.48. The third kappa shape index (κ3) is 9.10. The number of alkyl carbamates (subject to hydrolysis) is 1. The van der Waals surface area contributed by atoms with Crippen molar-refractivity contribution in [3.8, 4) is 0 Å². The highest BCUT2D eigenvalue weighted by atomic mass is 32.2. The fourth-order valence-electron chi connectivity index (χ4n) is 4.76. The number of nitrogens with one attached hydrogen (secondary N) is 1. The molecule has 0 radical (unpaired) electrons. The van der Waals surface area contributed by atoms with Gasteiger partial charge in [-0.05, 0) is 76.1 Å². The first-order valence-electron chi connectivity index (χ1n) is 13.2. The number of likely N-dealkylation sites (tertiary alicyclic amines) is 1. The summed E-state index contributed by atoms with van der Waals surface area (Å²) in [4.78, 5) is 31.2. The molecule has 2 heterocycles. The highest BCUT2D eigenvalue weighted by Gasteiger charge is 2.28. The van der Waals surface area contributed by atoms with Crippen molar-refractivity contribution in [1.29, 1.82) is 0 Å². The SMILES string of the molecule is CCN(C(=O)Cc1ccc(S(C)(=O)=O)cc1)C1CCN(CCC(NC(=O)OC(C)(C)C)c2cccs2)CC1. The van der Waals surface area contributed by atoms with Crippen LogP contribution < -0.4 is 5.32 Å². The maximum atomic E-state index is 13.1. The second-order valence-electron chi connectivity index (χ2n) is 10.8. The van der Waals surface area contributed by atoms with Crippen molar-refractivity contribution < 1.29 is 22.7 Å². The Hall–Kier alpha value is -2.43. The van der Waals surface area contributed by atoms with Gasteiger partial charge in [0.1, 0.15) is 5.60 Å². The van der Waals surface area contributed by atoms with Gasteiger partial charge in [-0.1, -0.05) is 18.2 Å². The number of carbonyl (C=O) groups is 2. The van der Waals surface area contributed by atoms with Crippen LogP contribution in [0.5, 0.6) is 0 Å². The fraction of sp³-hybridized carbons (Fsp3) is 0.571. The predicted molar refractivity (Wildman–Crippen MR) is 151 cm³/mol. The summed E-state index contributed by atoms with van der Waals surface area (Å²) < 4.78 is 28.9. The number of hydrogen-bond donors (Lipinski definition) is 1. The van der Waals surface area contributed by atoms with E-state index in [0.29, 0.717) is 6.54 Å². The van der Waals surface area contributed by atoms with Crippen molar-refractivity contribution in [3.05, 3.63) is 52.2 Å². The van der Waals surface area contributed by atoms with Crippen LogP contribution in [0.1, 0.15) is 63.4 Å². The Balaban J connectivity index is 1.51. The second-order valence-corrected chi connectivity index (χ2v) is 13.8. The van der Waals surface area contributed by atoms with Crippen LogP contribution >= 0.6 is 11.3 Å². The number of hydrogen-bond acceptors (Lipinski definition) is 7. The van der Waals surface area contributed by atoms with Gasteiger partial charge >= 0.3 is 6.09 Å². The van der Waals surface area contributed by atoms with Crippen LogP contribution in [-0.2, 0) is 25.8 Å². The first-order valence-corrected chi connectivity index (χ1v) is 16.0. The highest BCUT2D eigenvalue weighted by Crippen LogP contribution is 2.25. The summed E-state index contributed by atoms with van der Waals surface area (Å²) in [5, 5.41) is 5.05. The largest absolute Gasteiger partial charge is 0.444 e. The number of nitrogens with zero attached hydrogens (tertiary/aromatic N) is 2. The Morgan fingerprint density at radius 3 is 2.34 bits per heavy atom. The maximum absolute atomic E-state index is 13.1. The molecule has 1 aliphatic rings. The molecule has 0 spiro atoms. The summed E-state index contributed by atoms with van der Waals surface area (Å²) in [6, 6.07) is 10.7. The van der Waals surface area contributed by atoms with E-state index in [1.165, 1.54) is 6.26 Å². The minimum atomic E-state index is -3.25. The molecule has 10 heteroatoms. The molecule has 1 atom stereocenters. The third-order valence-electron chi connectivity index (χ3n) is 6.68. The zero-order valence-corrected chi connectivity index (χ0v) is 24.7. The average molecular weight is 564 g/mol. The van der Waals surface area contributed by atoms with Crippen LogP contribution in [0.4, 0.5) is 4.79 Å². The van der Waals surface area contributed by atoms with Crippen LogP contribution in [-0.4, -0.2) is 74.3 Å². The van der Waals surface area contributed by atoms with E-state index in [1.807, 2.05) is 50.1 Å². The number of benzene rings is 1. The second kappa shape index (κ2) is 13.1. The van der Waals surface area contributed by atoms with Crippen LogP contribution in [0.3, 0.4) is 0 Å². The van der Waals surface area contributed by atoms with E-state index >= 15 is 0 Å². The smallest absolute Gasteiger partial charge is 0.408 e. The van der Waals surface area contributed by atoms with Crippen molar-refractivity contribution >= 4 is 33.2 Å². The molecule has 0 bridgehead atoms. The zero-order chi connectivity index (χ0) is 27.9. The molecule has 1 N–H and O–H groups in total. The first-order chi connectivity index (χ1) is 17.9. The van der Waals surface area contributed by atoms with Gasteiger partial charge in [-0.2, -0.15) is 0 Å². The van der Waals surface area contributed by atoms with Crippen molar-refractivity contribution in [1.82, 2.24) is 15.1 Å². The number of piperidine rings is 1. The van der Waals surface area contributed by atoms with E-state index in [-0.39, 0.29) is 29.3 Å². The van der Waals surface area contributed by atoms with Crippen molar-refractivity contribution in [3.63, 3.8) is 0 Å². The Kier molecular flexibility index (Phi) is 10.4. The molecule has 210 valence electrons. The highest BCUT2D eigenvalue weighted by molar-refractivity contribution is 7.90. The maximum Gasteiger partial charge on any atom is 0.408 e. The van der Waals surface area contributed by atoms with E-state index in [4.69, 9.17) is 4.74 Å². The van der Waals surface area contributed by atoms with E-state index in [2.05, 4.69) is 10.2 Å². The summed E-state index contributed by atoms with van der Waals surface area (Å²) in [6.07, 6.45) is 3.61. The number of thiophene rings is 1. The van der Waals surface area contributed by atoms with Gasteiger partial charge < -0.3 is 19.9 Å². The minimum absolute atomic E-state index is 0.0670. The molecule has 1 saturated heterocycles. The molecule has 8 nitrogen and oxygen atoms in total. The van der Waals surface area contributed by atoms with Crippen LogP contribution in [0.15, 0.2) is 46.7 Å². The van der Waals surface area contributed by atoms with Gasteiger partial charge in [-0.15, -0.1) is 11.3 Å². The summed E-state index contributed by atoms with van der Waals surface area (Å²) in [6.45, 7) is 10.8. The molecule has 0 aliphatic carbocycles. The van der Waals surface area contributed by atoms with E-state index < -0.39 is 21.5 Å². The summed E-state index contributed by atoms with van der Waals surface area (Å²) >= 11 is 1.63. The van der Waals surface area contributed by atoms with Crippen molar-refractivity contribution in [2.24, 2.45) is 0 Å².